The van der Waals surface area contributed by atoms with Crippen molar-refractivity contribution >= 4 is 11.6 Å². The smallest absolute Gasteiger partial charge is 0.123 e. The van der Waals surface area contributed by atoms with Crippen molar-refractivity contribution in [3.05, 3.63) is 28.8 Å². The molecule has 1 rings (SSSR count). The van der Waals surface area contributed by atoms with Crippen molar-refractivity contribution < 1.29 is 9.47 Å². The summed E-state index contributed by atoms with van der Waals surface area (Å²) in [4.78, 5) is 0. The van der Waals surface area contributed by atoms with Gasteiger partial charge in [0, 0.05) is 30.8 Å². The normalized spacial score (nSPS) is 10.7. The van der Waals surface area contributed by atoms with Crippen molar-refractivity contribution in [2.45, 2.75) is 13.0 Å². The van der Waals surface area contributed by atoms with E-state index in [9.17, 15) is 0 Å². The van der Waals surface area contributed by atoms with E-state index >= 15 is 0 Å². The molecular formula is C14H23ClN2O2. The lowest BCUT2D eigenvalue weighted by Gasteiger charge is -2.10. The summed E-state index contributed by atoms with van der Waals surface area (Å²) < 4.78 is 10.3. The Kier molecular flexibility index (Phi) is 8.58. The van der Waals surface area contributed by atoms with Gasteiger partial charge in [0.25, 0.3) is 0 Å². The molecule has 2 N–H and O–H groups in total. The third kappa shape index (κ3) is 6.78. The molecule has 1 aromatic rings. The van der Waals surface area contributed by atoms with Crippen molar-refractivity contribution in [1.82, 2.24) is 10.6 Å². The van der Waals surface area contributed by atoms with Gasteiger partial charge >= 0.3 is 0 Å². The van der Waals surface area contributed by atoms with Crippen LogP contribution in [-0.2, 0) is 11.3 Å². The highest BCUT2D eigenvalue weighted by Gasteiger charge is 2.02. The minimum absolute atomic E-state index is 0.735. The van der Waals surface area contributed by atoms with Crippen LogP contribution in [0.4, 0.5) is 0 Å². The number of hydrogen-bond donors (Lipinski definition) is 2. The molecule has 0 heterocycles. The second-order valence-corrected chi connectivity index (χ2v) is 4.67. The summed E-state index contributed by atoms with van der Waals surface area (Å²) in [5.74, 6) is 0.870. The Labute approximate surface area is 120 Å². The Hall–Kier alpha value is -0.810. The lowest BCUT2D eigenvalue weighted by Crippen LogP contribution is -2.24. The predicted octanol–water partition coefficient (Wildman–Crippen LogP) is 2.06. The number of benzene rings is 1. The Balaban J connectivity index is 2.17. The maximum atomic E-state index is 5.98. The van der Waals surface area contributed by atoms with Crippen molar-refractivity contribution in [3.8, 4) is 5.75 Å². The van der Waals surface area contributed by atoms with Crippen molar-refractivity contribution in [1.29, 1.82) is 0 Å². The van der Waals surface area contributed by atoms with E-state index in [0.717, 1.165) is 55.5 Å². The van der Waals surface area contributed by atoms with Crippen LogP contribution in [0.2, 0.25) is 5.02 Å². The molecule has 108 valence electrons. The fourth-order valence-corrected chi connectivity index (χ4v) is 1.94. The highest BCUT2D eigenvalue weighted by atomic mass is 35.5. The summed E-state index contributed by atoms with van der Waals surface area (Å²) in [7, 11) is 3.38. The molecule has 0 radical (unpaired) electrons. The maximum absolute atomic E-state index is 5.98. The summed E-state index contributed by atoms with van der Waals surface area (Å²) in [6, 6.07) is 5.67. The van der Waals surface area contributed by atoms with Crippen LogP contribution in [0.3, 0.4) is 0 Å². The summed E-state index contributed by atoms with van der Waals surface area (Å²) >= 11 is 5.98. The van der Waals surface area contributed by atoms with Crippen LogP contribution < -0.4 is 15.4 Å². The summed E-state index contributed by atoms with van der Waals surface area (Å²) in [5, 5.41) is 7.43. The van der Waals surface area contributed by atoms with Crippen molar-refractivity contribution in [3.63, 3.8) is 0 Å². The minimum Gasteiger partial charge on any atom is -0.496 e. The van der Waals surface area contributed by atoms with Gasteiger partial charge < -0.3 is 20.1 Å². The number of nitrogens with one attached hydrogen (secondary N) is 2. The first-order valence-electron chi connectivity index (χ1n) is 6.50. The molecular weight excluding hydrogens is 264 g/mol. The molecule has 0 fully saturated rings. The lowest BCUT2D eigenvalue weighted by molar-refractivity contribution is 0.199. The van der Waals surface area contributed by atoms with Crippen molar-refractivity contribution in [2.24, 2.45) is 0 Å². The van der Waals surface area contributed by atoms with Gasteiger partial charge in [-0.3, -0.25) is 0 Å². The van der Waals surface area contributed by atoms with Crippen LogP contribution in [0, 0.1) is 0 Å². The molecule has 0 unspecified atom stereocenters. The van der Waals surface area contributed by atoms with E-state index in [0.29, 0.717) is 0 Å². The third-order valence-electron chi connectivity index (χ3n) is 2.75. The van der Waals surface area contributed by atoms with E-state index in [1.54, 1.807) is 14.2 Å². The topological polar surface area (TPSA) is 42.5 Å². The van der Waals surface area contributed by atoms with Crippen molar-refractivity contribution in [2.75, 3.05) is 40.5 Å². The van der Waals surface area contributed by atoms with Gasteiger partial charge in [-0.15, -0.1) is 0 Å². The number of rotatable bonds is 10. The fraction of sp³-hybridized carbons (Fsp3) is 0.571. The second kappa shape index (κ2) is 10.0. The molecule has 0 atom stereocenters. The van der Waals surface area contributed by atoms with E-state index in [2.05, 4.69) is 10.6 Å². The molecule has 0 saturated heterocycles. The summed E-state index contributed by atoms with van der Waals surface area (Å²) in [6.45, 7) is 4.37. The van der Waals surface area contributed by atoms with Gasteiger partial charge in [0.2, 0.25) is 0 Å². The van der Waals surface area contributed by atoms with Gasteiger partial charge in [0.05, 0.1) is 13.7 Å². The molecule has 0 spiro atoms. The largest absolute Gasteiger partial charge is 0.496 e. The summed E-state index contributed by atoms with van der Waals surface area (Å²) in [6.07, 6.45) is 1.08. The number of ether oxygens (including phenoxy) is 2. The zero-order valence-electron chi connectivity index (χ0n) is 11.7. The lowest BCUT2D eigenvalue weighted by atomic mass is 10.2. The SMILES string of the molecule is COCCNCCCNCc1cc(Cl)ccc1OC. The Morgan fingerprint density at radius 2 is 1.89 bits per heavy atom. The first kappa shape index (κ1) is 16.2. The van der Waals surface area contributed by atoms with Gasteiger partial charge in [-0.2, -0.15) is 0 Å². The molecule has 19 heavy (non-hydrogen) atoms. The van der Waals surface area contributed by atoms with Crippen LogP contribution in [-0.4, -0.2) is 40.5 Å². The molecule has 5 heteroatoms. The molecule has 0 aliphatic carbocycles. The van der Waals surface area contributed by atoms with E-state index in [4.69, 9.17) is 21.1 Å². The van der Waals surface area contributed by atoms with Crippen LogP contribution >= 0.6 is 11.6 Å². The Bertz CT molecular complexity index is 361. The molecule has 0 bridgehead atoms. The number of methoxy groups -OCH3 is 2. The predicted molar refractivity (Wildman–Crippen MR) is 79.1 cm³/mol. The molecule has 0 aliphatic heterocycles. The molecule has 0 amide bonds. The third-order valence-corrected chi connectivity index (χ3v) is 2.98. The summed E-state index contributed by atoms with van der Waals surface area (Å²) in [5.41, 5.74) is 1.09. The molecule has 0 saturated carbocycles. The quantitative estimate of drug-likeness (QED) is 0.646. The molecule has 1 aromatic carbocycles. The highest BCUT2D eigenvalue weighted by molar-refractivity contribution is 6.30. The van der Waals surface area contributed by atoms with Gasteiger partial charge in [-0.1, -0.05) is 11.6 Å². The average molecular weight is 287 g/mol. The van der Waals surface area contributed by atoms with Crippen LogP contribution in [0.5, 0.6) is 5.75 Å². The first-order chi connectivity index (χ1) is 9.27. The molecule has 0 aromatic heterocycles. The first-order valence-corrected chi connectivity index (χ1v) is 6.88. The average Bonchev–Trinajstić information content (AvgIpc) is 2.42. The van der Waals surface area contributed by atoms with Gasteiger partial charge in [-0.05, 0) is 37.7 Å². The zero-order valence-corrected chi connectivity index (χ0v) is 12.4. The van der Waals surface area contributed by atoms with E-state index in [-0.39, 0.29) is 0 Å². The minimum atomic E-state index is 0.735. The Morgan fingerprint density at radius 1 is 1.11 bits per heavy atom. The van der Waals surface area contributed by atoms with Crippen LogP contribution in [0.15, 0.2) is 18.2 Å². The van der Waals surface area contributed by atoms with Crippen LogP contribution in [0.25, 0.3) is 0 Å². The monoisotopic (exact) mass is 286 g/mol. The number of halogens is 1. The standard InChI is InChI=1S/C14H23ClN2O2/c1-18-9-8-16-6-3-7-17-11-12-10-13(15)4-5-14(12)19-2/h4-5,10,16-17H,3,6-9,11H2,1-2H3. The molecule has 4 nitrogen and oxygen atoms in total. The Morgan fingerprint density at radius 3 is 2.63 bits per heavy atom. The molecule has 0 aliphatic rings. The number of hydrogen-bond acceptors (Lipinski definition) is 4. The van der Waals surface area contributed by atoms with Gasteiger partial charge in [-0.25, -0.2) is 0 Å². The van der Waals surface area contributed by atoms with E-state index < -0.39 is 0 Å². The second-order valence-electron chi connectivity index (χ2n) is 4.23. The fourth-order valence-electron chi connectivity index (χ4n) is 1.75. The highest BCUT2D eigenvalue weighted by Crippen LogP contribution is 2.22. The van der Waals surface area contributed by atoms with E-state index in [1.165, 1.54) is 0 Å². The maximum Gasteiger partial charge on any atom is 0.123 e. The van der Waals surface area contributed by atoms with Gasteiger partial charge in [0.1, 0.15) is 5.75 Å². The van der Waals surface area contributed by atoms with E-state index in [1.807, 2.05) is 18.2 Å². The zero-order chi connectivity index (χ0) is 13.9. The van der Waals surface area contributed by atoms with Gasteiger partial charge in [0.15, 0.2) is 0 Å². The van der Waals surface area contributed by atoms with Crippen LogP contribution in [0.1, 0.15) is 12.0 Å².